The molecule has 4 aromatic rings. The molecule has 0 atom stereocenters. The van der Waals surface area contributed by atoms with Crippen LogP contribution in [-0.4, -0.2) is 25.7 Å². The highest BCUT2D eigenvalue weighted by Gasteiger charge is 2.41. The van der Waals surface area contributed by atoms with E-state index in [4.69, 9.17) is 11.6 Å². The van der Waals surface area contributed by atoms with Crippen molar-refractivity contribution in [2.24, 2.45) is 7.05 Å². The van der Waals surface area contributed by atoms with E-state index in [0.29, 0.717) is 22.5 Å². The van der Waals surface area contributed by atoms with Crippen LogP contribution in [0.4, 0.5) is 23.4 Å². The standard InChI is InChI=1S/C27H20ClF4N5O/c1-36-13-33-35-25(36)19-10-17(29)4-5-18(19)16-8-23(15-2-3-15)34-24(9-16)37-12-21-20(26(37)38)6-14(11-28)7-22(21)27(30,31)32/h4-10,13,15H,2-3,11-12H2,1H3. The van der Waals surface area contributed by atoms with Gasteiger partial charge in [-0.2, -0.15) is 13.2 Å². The second-order valence-electron chi connectivity index (χ2n) is 9.56. The highest BCUT2D eigenvalue weighted by molar-refractivity contribution is 6.17. The molecule has 1 amide bonds. The molecule has 0 N–H and O–H groups in total. The van der Waals surface area contributed by atoms with E-state index in [1.54, 1.807) is 23.7 Å². The molecule has 2 aliphatic rings. The first kappa shape index (κ1) is 24.5. The van der Waals surface area contributed by atoms with Gasteiger partial charge in [0, 0.05) is 35.7 Å². The zero-order chi connectivity index (χ0) is 26.8. The van der Waals surface area contributed by atoms with Gasteiger partial charge in [0.25, 0.3) is 5.91 Å². The van der Waals surface area contributed by atoms with E-state index in [9.17, 15) is 22.4 Å². The maximum absolute atomic E-state index is 14.3. The third kappa shape index (κ3) is 4.22. The predicted octanol–water partition coefficient (Wildman–Crippen LogP) is 6.48. The van der Waals surface area contributed by atoms with E-state index in [1.165, 1.54) is 29.4 Å². The average Bonchev–Trinajstić information content (AvgIpc) is 3.57. The Labute approximate surface area is 219 Å². The summed E-state index contributed by atoms with van der Waals surface area (Å²) in [5, 5.41) is 8.02. The minimum atomic E-state index is -4.64. The minimum Gasteiger partial charge on any atom is -0.317 e. The molecule has 194 valence electrons. The fourth-order valence-electron chi connectivity index (χ4n) is 4.88. The van der Waals surface area contributed by atoms with E-state index in [-0.39, 0.29) is 40.9 Å². The Morgan fingerprint density at radius 2 is 1.84 bits per heavy atom. The van der Waals surface area contributed by atoms with Crippen molar-refractivity contribution in [3.05, 3.63) is 82.6 Å². The van der Waals surface area contributed by atoms with Crippen molar-refractivity contribution in [2.45, 2.75) is 37.4 Å². The lowest BCUT2D eigenvalue weighted by Gasteiger charge is -2.19. The Bertz CT molecular complexity index is 1600. The smallest absolute Gasteiger partial charge is 0.317 e. The number of carbonyl (C=O) groups is 1. The minimum absolute atomic E-state index is 0.0304. The van der Waals surface area contributed by atoms with Crippen LogP contribution in [0.2, 0.25) is 0 Å². The normalized spacial score (nSPS) is 15.3. The van der Waals surface area contributed by atoms with Gasteiger partial charge < -0.3 is 4.57 Å². The van der Waals surface area contributed by atoms with Crippen molar-refractivity contribution in [2.75, 3.05) is 4.90 Å². The molecule has 0 unspecified atom stereocenters. The molecular formula is C27H20ClF4N5O. The summed E-state index contributed by atoms with van der Waals surface area (Å²) in [6, 6.07) is 10.2. The number of rotatable bonds is 5. The van der Waals surface area contributed by atoms with Gasteiger partial charge in [-0.1, -0.05) is 6.07 Å². The van der Waals surface area contributed by atoms with Crippen LogP contribution in [0.1, 0.15) is 51.5 Å². The Balaban J connectivity index is 1.49. The van der Waals surface area contributed by atoms with E-state index >= 15 is 0 Å². The predicted molar refractivity (Wildman–Crippen MR) is 133 cm³/mol. The number of amides is 1. The molecule has 2 aromatic carbocycles. The fraction of sp³-hybridized carbons (Fsp3) is 0.259. The highest BCUT2D eigenvalue weighted by Crippen LogP contribution is 2.44. The maximum atomic E-state index is 14.3. The number of aryl methyl sites for hydroxylation is 1. The molecule has 1 aliphatic carbocycles. The second-order valence-corrected chi connectivity index (χ2v) is 9.83. The van der Waals surface area contributed by atoms with Crippen molar-refractivity contribution >= 4 is 23.3 Å². The highest BCUT2D eigenvalue weighted by atomic mass is 35.5. The number of pyridine rings is 1. The molecule has 0 saturated heterocycles. The summed E-state index contributed by atoms with van der Waals surface area (Å²) >= 11 is 5.84. The summed E-state index contributed by atoms with van der Waals surface area (Å²) in [6.45, 7) is -0.272. The summed E-state index contributed by atoms with van der Waals surface area (Å²) in [6.07, 6.45) is -1.30. The first-order chi connectivity index (χ1) is 18.1. The number of benzene rings is 2. The Morgan fingerprint density at radius 3 is 2.50 bits per heavy atom. The number of alkyl halides is 4. The number of hydrogen-bond acceptors (Lipinski definition) is 4. The Hall–Kier alpha value is -3.79. The van der Waals surface area contributed by atoms with Crippen LogP contribution in [0, 0.1) is 5.82 Å². The quantitative estimate of drug-likeness (QED) is 0.214. The van der Waals surface area contributed by atoms with E-state index < -0.39 is 23.5 Å². The van der Waals surface area contributed by atoms with Crippen molar-refractivity contribution < 1.29 is 22.4 Å². The molecule has 0 spiro atoms. The molecule has 2 aromatic heterocycles. The van der Waals surface area contributed by atoms with Gasteiger partial charge in [0.2, 0.25) is 0 Å². The van der Waals surface area contributed by atoms with Crippen molar-refractivity contribution in [3.8, 4) is 22.5 Å². The topological polar surface area (TPSA) is 63.9 Å². The molecule has 6 nitrogen and oxygen atoms in total. The van der Waals surface area contributed by atoms with Gasteiger partial charge in [0.15, 0.2) is 5.82 Å². The lowest BCUT2D eigenvalue weighted by molar-refractivity contribution is -0.138. The van der Waals surface area contributed by atoms with E-state index in [1.807, 2.05) is 6.07 Å². The number of carbonyl (C=O) groups excluding carboxylic acids is 1. The summed E-state index contributed by atoms with van der Waals surface area (Å²) in [7, 11) is 1.74. The number of halogens is 5. The largest absolute Gasteiger partial charge is 0.416 e. The summed E-state index contributed by atoms with van der Waals surface area (Å²) in [5.74, 6) is -0.322. The number of fused-ring (bicyclic) bond motifs is 1. The van der Waals surface area contributed by atoms with Crippen LogP contribution in [-0.2, 0) is 25.6 Å². The van der Waals surface area contributed by atoms with Gasteiger partial charge in [-0.25, -0.2) is 9.37 Å². The summed E-state index contributed by atoms with van der Waals surface area (Å²) < 4.78 is 57.6. The molecule has 1 saturated carbocycles. The Morgan fingerprint density at radius 1 is 1.05 bits per heavy atom. The lowest BCUT2D eigenvalue weighted by Crippen LogP contribution is -2.24. The Kier molecular flexibility index (Phi) is 5.75. The molecule has 6 rings (SSSR count). The number of aromatic nitrogens is 4. The van der Waals surface area contributed by atoms with Crippen molar-refractivity contribution in [1.82, 2.24) is 19.7 Å². The van der Waals surface area contributed by atoms with Gasteiger partial charge in [-0.3, -0.25) is 9.69 Å². The maximum Gasteiger partial charge on any atom is 0.416 e. The van der Waals surface area contributed by atoms with Crippen molar-refractivity contribution in [3.63, 3.8) is 0 Å². The summed E-state index contributed by atoms with van der Waals surface area (Å²) in [5.41, 5.74) is 1.72. The zero-order valence-corrected chi connectivity index (χ0v) is 20.8. The molecule has 38 heavy (non-hydrogen) atoms. The monoisotopic (exact) mass is 541 g/mol. The molecule has 1 aliphatic heterocycles. The lowest BCUT2D eigenvalue weighted by atomic mass is 9.98. The van der Waals surface area contributed by atoms with Gasteiger partial charge >= 0.3 is 6.18 Å². The molecule has 1 fully saturated rings. The zero-order valence-electron chi connectivity index (χ0n) is 20.1. The van der Waals surface area contributed by atoms with Gasteiger partial charge in [-0.05, 0) is 71.5 Å². The first-order valence-electron chi connectivity index (χ1n) is 11.9. The second kappa shape index (κ2) is 8.90. The van der Waals surface area contributed by atoms with E-state index in [2.05, 4.69) is 15.2 Å². The molecule has 0 bridgehead atoms. The third-order valence-electron chi connectivity index (χ3n) is 6.91. The molecular weight excluding hydrogens is 522 g/mol. The van der Waals surface area contributed by atoms with Crippen LogP contribution in [0.15, 0.2) is 48.8 Å². The SMILES string of the molecule is Cn1cnnc1-c1cc(F)ccc1-c1cc(C2CC2)nc(N2Cc3c(cc(CCl)cc3C(F)(F)F)C2=O)c1. The number of hydrogen-bond donors (Lipinski definition) is 0. The first-order valence-corrected chi connectivity index (χ1v) is 12.4. The van der Waals surface area contributed by atoms with Crippen molar-refractivity contribution in [1.29, 1.82) is 0 Å². The van der Waals surface area contributed by atoms with Crippen LogP contribution in [0.3, 0.4) is 0 Å². The molecule has 3 heterocycles. The number of anilines is 1. The third-order valence-corrected chi connectivity index (χ3v) is 7.22. The average molecular weight is 542 g/mol. The van der Waals surface area contributed by atoms with Crippen LogP contribution < -0.4 is 4.90 Å². The van der Waals surface area contributed by atoms with Crippen LogP contribution in [0.5, 0.6) is 0 Å². The molecule has 0 radical (unpaired) electrons. The van der Waals surface area contributed by atoms with E-state index in [0.717, 1.165) is 24.6 Å². The van der Waals surface area contributed by atoms with Crippen LogP contribution in [0.25, 0.3) is 22.5 Å². The van der Waals surface area contributed by atoms with Gasteiger partial charge in [-0.15, -0.1) is 21.8 Å². The van der Waals surface area contributed by atoms with Gasteiger partial charge in [0.05, 0.1) is 12.1 Å². The fourth-order valence-corrected chi connectivity index (χ4v) is 5.04. The summed E-state index contributed by atoms with van der Waals surface area (Å²) in [4.78, 5) is 19.4. The van der Waals surface area contributed by atoms with Crippen LogP contribution >= 0.6 is 11.6 Å². The van der Waals surface area contributed by atoms with Gasteiger partial charge in [0.1, 0.15) is 18.0 Å². The number of nitrogens with zero attached hydrogens (tertiary/aromatic N) is 5. The molecule has 11 heteroatoms.